The van der Waals surface area contributed by atoms with Gasteiger partial charge >= 0.3 is 17.9 Å². The molecule has 148 valence electrons. The van der Waals surface area contributed by atoms with Gasteiger partial charge in [-0.05, 0) is 18.5 Å². The summed E-state index contributed by atoms with van der Waals surface area (Å²) in [7, 11) is 0. The van der Waals surface area contributed by atoms with Crippen molar-refractivity contribution in [1.82, 2.24) is 0 Å². The summed E-state index contributed by atoms with van der Waals surface area (Å²) < 4.78 is 45.7. The van der Waals surface area contributed by atoms with Crippen LogP contribution in [0.25, 0.3) is 0 Å². The van der Waals surface area contributed by atoms with E-state index < -0.39 is 83.9 Å². The number of benzene rings is 1. The first-order chi connectivity index (χ1) is 14.4. The number of carboxylic acid groups (broad SMARTS) is 1. The Balaban J connectivity index is 2.46. The first-order valence-corrected chi connectivity index (χ1v) is 7.84. The number of carbonyl (C=O) groups excluding carboxylic acids is 2. The van der Waals surface area contributed by atoms with Crippen LogP contribution in [0.15, 0.2) is 24.2 Å². The molecule has 1 aliphatic heterocycles. The molecule has 0 unspecified atom stereocenters. The van der Waals surface area contributed by atoms with Gasteiger partial charge in [0.2, 0.25) is 6.29 Å². The Kier molecular flexibility index (Phi) is 5.12. The molecule has 5 atom stereocenters. The topological polar surface area (TPSA) is 160 Å². The second-order valence-corrected chi connectivity index (χ2v) is 5.53. The van der Waals surface area contributed by atoms with Crippen molar-refractivity contribution in [3.63, 3.8) is 0 Å². The Morgan fingerprint density at radius 3 is 2.22 bits per heavy atom. The Morgan fingerprint density at radius 1 is 1.07 bits per heavy atom. The number of aliphatic hydroxyl groups is 3. The Bertz CT molecular complexity index is 892. The van der Waals surface area contributed by atoms with Crippen LogP contribution < -0.4 is 0 Å². The van der Waals surface area contributed by atoms with Gasteiger partial charge in [-0.3, -0.25) is 0 Å². The number of carbonyl (C=O) groups is 3. The second-order valence-electron chi connectivity index (χ2n) is 5.53. The molecule has 0 amide bonds. The molecule has 10 nitrogen and oxygen atoms in total. The number of hydrogen-bond donors (Lipinski definition) is 4. The molecule has 0 aromatic heterocycles. The summed E-state index contributed by atoms with van der Waals surface area (Å²) in [6.45, 7) is 1.56. The van der Waals surface area contributed by atoms with Gasteiger partial charge in [-0.1, -0.05) is 19.0 Å². The molecule has 0 bridgehead atoms. The van der Waals surface area contributed by atoms with E-state index in [1.165, 1.54) is 0 Å². The molecule has 0 aliphatic carbocycles. The number of hydrogen-bond acceptors (Lipinski definition) is 9. The zero-order valence-corrected chi connectivity index (χ0v) is 14.0. The SMILES string of the molecule is [2H]c1c([2H])c([2H])c(C(=O)O[C@@H]2O[C@H](C(=O)O)[C@@H](O)[C@H](O)[C@H]2O)c(C(=O)OCCC)c1[2H]. The smallest absolute Gasteiger partial charge is 0.341 e. The van der Waals surface area contributed by atoms with Crippen molar-refractivity contribution in [2.24, 2.45) is 0 Å². The molecular weight excluding hydrogens is 364 g/mol. The Labute approximate surface area is 159 Å². The molecule has 1 heterocycles. The van der Waals surface area contributed by atoms with E-state index in [1.807, 2.05) is 0 Å². The summed E-state index contributed by atoms with van der Waals surface area (Å²) in [4.78, 5) is 36.2. The van der Waals surface area contributed by atoms with Crippen molar-refractivity contribution in [2.45, 2.75) is 44.1 Å². The van der Waals surface area contributed by atoms with E-state index >= 15 is 0 Å². The zero-order chi connectivity index (χ0) is 23.6. The van der Waals surface area contributed by atoms with Crippen molar-refractivity contribution < 1.29 is 54.5 Å². The minimum absolute atomic E-state index is 0.106. The third-order valence-corrected chi connectivity index (χ3v) is 3.57. The normalized spacial score (nSPS) is 29.7. The highest BCUT2D eigenvalue weighted by Gasteiger charge is 2.48. The maximum absolute atomic E-state index is 12.7. The van der Waals surface area contributed by atoms with Gasteiger partial charge in [0.25, 0.3) is 0 Å². The van der Waals surface area contributed by atoms with E-state index in [0.717, 1.165) is 0 Å². The van der Waals surface area contributed by atoms with E-state index in [1.54, 1.807) is 6.92 Å². The molecule has 2 rings (SSSR count). The van der Waals surface area contributed by atoms with Crippen LogP contribution in [0.3, 0.4) is 0 Å². The molecular formula is C17H20O10. The minimum atomic E-state index is -2.13. The van der Waals surface area contributed by atoms with E-state index in [-0.39, 0.29) is 6.61 Å². The van der Waals surface area contributed by atoms with Crippen LogP contribution in [0.4, 0.5) is 0 Å². The summed E-state index contributed by atoms with van der Waals surface area (Å²) in [5, 5.41) is 38.5. The lowest BCUT2D eigenvalue weighted by molar-refractivity contribution is -0.278. The van der Waals surface area contributed by atoms with Gasteiger partial charge in [-0.15, -0.1) is 0 Å². The van der Waals surface area contributed by atoms with E-state index in [2.05, 4.69) is 0 Å². The molecule has 27 heavy (non-hydrogen) atoms. The number of ether oxygens (including phenoxy) is 3. The summed E-state index contributed by atoms with van der Waals surface area (Å²) >= 11 is 0. The second kappa shape index (κ2) is 8.91. The molecule has 1 fully saturated rings. The van der Waals surface area contributed by atoms with Gasteiger partial charge in [0.15, 0.2) is 6.10 Å². The number of aliphatic hydroxyl groups excluding tert-OH is 3. The molecule has 10 heteroatoms. The van der Waals surface area contributed by atoms with E-state index in [0.29, 0.717) is 6.42 Å². The van der Waals surface area contributed by atoms with Crippen molar-refractivity contribution in [3.05, 3.63) is 35.3 Å². The lowest BCUT2D eigenvalue weighted by atomic mass is 9.99. The third kappa shape index (κ3) is 4.61. The summed E-state index contributed by atoms with van der Waals surface area (Å²) in [6, 6.07) is -3.51. The predicted molar refractivity (Wildman–Crippen MR) is 86.7 cm³/mol. The fraction of sp³-hybridized carbons (Fsp3) is 0.471. The zero-order valence-electron chi connectivity index (χ0n) is 18.0. The number of rotatable bonds is 6. The third-order valence-electron chi connectivity index (χ3n) is 3.57. The van der Waals surface area contributed by atoms with Gasteiger partial charge in [0, 0.05) is 0 Å². The molecule has 1 aliphatic rings. The molecule has 0 spiro atoms. The Morgan fingerprint density at radius 2 is 1.67 bits per heavy atom. The van der Waals surface area contributed by atoms with Crippen LogP contribution in [0.5, 0.6) is 0 Å². The van der Waals surface area contributed by atoms with E-state index in [9.17, 15) is 29.7 Å². The largest absolute Gasteiger partial charge is 0.479 e. The van der Waals surface area contributed by atoms with Crippen LogP contribution in [-0.4, -0.2) is 75.6 Å². The van der Waals surface area contributed by atoms with Gasteiger partial charge in [-0.2, -0.15) is 0 Å². The summed E-state index contributed by atoms with van der Waals surface area (Å²) in [5.41, 5.74) is -1.76. The van der Waals surface area contributed by atoms with Crippen LogP contribution in [0.1, 0.15) is 39.5 Å². The first-order valence-electron chi connectivity index (χ1n) is 9.84. The number of carboxylic acids is 1. The number of esters is 2. The standard InChI is InChI=1S/C17H20O10/c1-2-7-25-15(23)8-5-3-4-6-9(8)16(24)27-17-12(20)10(18)11(19)13(26-17)14(21)22/h3-6,10-13,17-20H,2,7H2,1H3,(H,21,22)/t10-,11-,12+,13-,17-/m0/s1/i3D,4D,5D,6D. The highest BCUT2D eigenvalue weighted by molar-refractivity contribution is 6.03. The van der Waals surface area contributed by atoms with Crippen LogP contribution in [0, 0.1) is 0 Å². The number of aliphatic carboxylic acids is 1. The van der Waals surface area contributed by atoms with Gasteiger partial charge < -0.3 is 34.6 Å². The predicted octanol–water partition coefficient (Wildman–Crippen LogP) is -0.698. The summed E-state index contributed by atoms with van der Waals surface area (Å²) in [5.74, 6) is -4.54. The van der Waals surface area contributed by atoms with Crippen molar-refractivity contribution in [3.8, 4) is 0 Å². The monoisotopic (exact) mass is 388 g/mol. The highest BCUT2D eigenvalue weighted by atomic mass is 16.7. The van der Waals surface area contributed by atoms with Gasteiger partial charge in [0.05, 0.1) is 23.2 Å². The quantitative estimate of drug-likeness (QED) is 0.459. The van der Waals surface area contributed by atoms with Crippen molar-refractivity contribution in [1.29, 1.82) is 0 Å². The van der Waals surface area contributed by atoms with E-state index in [4.69, 9.17) is 24.8 Å². The molecule has 1 saturated heterocycles. The maximum Gasteiger partial charge on any atom is 0.341 e. The van der Waals surface area contributed by atoms with Gasteiger partial charge in [0.1, 0.15) is 18.3 Å². The summed E-state index contributed by atoms with van der Waals surface area (Å²) in [6.07, 6.45) is -10.0. The lowest BCUT2D eigenvalue weighted by Crippen LogP contribution is -2.60. The van der Waals surface area contributed by atoms with Crippen molar-refractivity contribution >= 4 is 17.9 Å². The maximum atomic E-state index is 12.7. The van der Waals surface area contributed by atoms with Crippen LogP contribution in [-0.2, 0) is 19.0 Å². The Hall–Kier alpha value is -2.53. The van der Waals surface area contributed by atoms with Gasteiger partial charge in [-0.25, -0.2) is 14.4 Å². The average molecular weight is 388 g/mol. The molecule has 0 radical (unpaired) electrons. The molecule has 4 N–H and O–H groups in total. The minimum Gasteiger partial charge on any atom is -0.479 e. The average Bonchev–Trinajstić information content (AvgIpc) is 2.72. The van der Waals surface area contributed by atoms with Crippen LogP contribution in [0.2, 0.25) is 0 Å². The molecule has 1 aromatic carbocycles. The van der Waals surface area contributed by atoms with Crippen LogP contribution >= 0.6 is 0 Å². The first kappa shape index (κ1) is 15.5. The molecule has 0 saturated carbocycles. The fourth-order valence-corrected chi connectivity index (χ4v) is 2.20. The van der Waals surface area contributed by atoms with Crippen molar-refractivity contribution in [2.75, 3.05) is 6.61 Å². The fourth-order valence-electron chi connectivity index (χ4n) is 2.20. The molecule has 1 aromatic rings. The lowest BCUT2D eigenvalue weighted by Gasteiger charge is -2.37. The highest BCUT2D eigenvalue weighted by Crippen LogP contribution is 2.24.